The van der Waals surface area contributed by atoms with Crippen molar-refractivity contribution in [3.63, 3.8) is 0 Å². The lowest BCUT2D eigenvalue weighted by atomic mass is 10.1. The number of rotatable bonds is 9. The van der Waals surface area contributed by atoms with Gasteiger partial charge in [-0.15, -0.1) is 10.2 Å². The number of nitrogens with zero attached hydrogens (tertiary/aromatic N) is 3. The number of thioether (sulfide) groups is 1. The zero-order valence-corrected chi connectivity index (χ0v) is 15.9. The molecule has 3 rings (SSSR count). The molecule has 3 aromatic rings. The van der Waals surface area contributed by atoms with Gasteiger partial charge in [-0.05, 0) is 29.8 Å². The topological polar surface area (TPSA) is 63.0 Å². The molecule has 0 aliphatic rings. The Morgan fingerprint density at radius 1 is 1.00 bits per heavy atom. The summed E-state index contributed by atoms with van der Waals surface area (Å²) in [6, 6.07) is 18.0. The third kappa shape index (κ3) is 5.08. The molecule has 2 aromatic carbocycles. The number of aliphatic hydroxyl groups excluding tert-OH is 1. The molecule has 26 heavy (non-hydrogen) atoms. The third-order valence-electron chi connectivity index (χ3n) is 3.79. The number of hydrogen-bond acceptors (Lipinski definition) is 5. The van der Waals surface area contributed by atoms with E-state index in [1.807, 2.05) is 42.5 Å². The number of nitrogens with one attached hydrogen (secondary N) is 1. The van der Waals surface area contributed by atoms with Crippen molar-refractivity contribution in [2.45, 2.75) is 11.6 Å². The van der Waals surface area contributed by atoms with Crippen molar-refractivity contribution in [1.29, 1.82) is 0 Å². The number of benzene rings is 2. The van der Waals surface area contributed by atoms with Crippen LogP contribution in [0, 0.1) is 0 Å². The van der Waals surface area contributed by atoms with Crippen LogP contribution in [0.2, 0.25) is 5.02 Å². The maximum atomic E-state index is 8.83. The molecule has 1 heterocycles. The molecule has 0 fully saturated rings. The van der Waals surface area contributed by atoms with Gasteiger partial charge in [-0.3, -0.25) is 4.57 Å². The van der Waals surface area contributed by atoms with Gasteiger partial charge in [0, 0.05) is 36.0 Å². The second-order valence-electron chi connectivity index (χ2n) is 5.70. The fourth-order valence-electron chi connectivity index (χ4n) is 2.55. The maximum Gasteiger partial charge on any atom is 0.195 e. The van der Waals surface area contributed by atoms with Crippen molar-refractivity contribution in [2.75, 3.05) is 25.4 Å². The Hall–Kier alpha value is -1.86. The summed E-state index contributed by atoms with van der Waals surface area (Å²) in [5.41, 5.74) is 2.19. The zero-order chi connectivity index (χ0) is 18.2. The Bertz CT molecular complexity index is 808. The van der Waals surface area contributed by atoms with Crippen LogP contribution in [0.15, 0.2) is 59.8 Å². The zero-order valence-electron chi connectivity index (χ0n) is 14.3. The van der Waals surface area contributed by atoms with Crippen LogP contribution >= 0.6 is 23.4 Å². The first-order valence-corrected chi connectivity index (χ1v) is 9.83. The smallest absolute Gasteiger partial charge is 0.195 e. The summed E-state index contributed by atoms with van der Waals surface area (Å²) in [6.45, 7) is 1.54. The van der Waals surface area contributed by atoms with Crippen LogP contribution in [0.1, 0.15) is 11.4 Å². The molecule has 0 radical (unpaired) electrons. The molecule has 1 aromatic heterocycles. The van der Waals surface area contributed by atoms with Crippen molar-refractivity contribution in [3.8, 4) is 5.69 Å². The summed E-state index contributed by atoms with van der Waals surface area (Å²) in [5, 5.41) is 22.4. The quantitative estimate of drug-likeness (QED) is 0.435. The fraction of sp³-hybridized carbons (Fsp3) is 0.263. The summed E-state index contributed by atoms with van der Waals surface area (Å²) in [5.74, 6) is 1.74. The van der Waals surface area contributed by atoms with Gasteiger partial charge in [0.1, 0.15) is 5.82 Å². The average Bonchev–Trinajstić information content (AvgIpc) is 3.05. The normalized spacial score (nSPS) is 11.0. The first-order valence-electron chi connectivity index (χ1n) is 8.46. The van der Waals surface area contributed by atoms with Gasteiger partial charge in [0.05, 0.1) is 6.61 Å². The number of aromatic nitrogens is 3. The molecule has 136 valence electrons. The lowest BCUT2D eigenvalue weighted by Gasteiger charge is -2.11. The van der Waals surface area contributed by atoms with Crippen molar-refractivity contribution in [3.05, 3.63) is 71.0 Å². The summed E-state index contributed by atoms with van der Waals surface area (Å²) < 4.78 is 2.08. The summed E-state index contributed by atoms with van der Waals surface area (Å²) in [4.78, 5) is 0. The van der Waals surface area contributed by atoms with Crippen molar-refractivity contribution < 1.29 is 5.11 Å². The van der Waals surface area contributed by atoms with E-state index in [9.17, 15) is 0 Å². The van der Waals surface area contributed by atoms with Gasteiger partial charge in [-0.25, -0.2) is 0 Å². The average molecular weight is 389 g/mol. The molecule has 0 aliphatic heterocycles. The van der Waals surface area contributed by atoms with Crippen LogP contribution < -0.4 is 5.32 Å². The minimum atomic E-state index is 0.146. The van der Waals surface area contributed by atoms with E-state index in [1.165, 1.54) is 5.56 Å². The van der Waals surface area contributed by atoms with Gasteiger partial charge in [0.15, 0.2) is 5.16 Å². The van der Waals surface area contributed by atoms with Gasteiger partial charge in [-0.1, -0.05) is 53.7 Å². The number of halogens is 1. The van der Waals surface area contributed by atoms with Crippen molar-refractivity contribution >= 4 is 23.4 Å². The predicted octanol–water partition coefficient (Wildman–Crippen LogP) is 3.19. The molecule has 0 atom stereocenters. The van der Waals surface area contributed by atoms with Crippen LogP contribution in [0.4, 0.5) is 0 Å². The Balaban J connectivity index is 1.83. The van der Waals surface area contributed by atoms with E-state index < -0.39 is 0 Å². The molecule has 0 unspecified atom stereocenters. The SMILES string of the molecule is OCCNCCSc1nnc(Cc2ccccc2)n1-c1ccc(Cl)cc1. The van der Waals surface area contributed by atoms with E-state index in [0.29, 0.717) is 18.0 Å². The Morgan fingerprint density at radius 2 is 1.77 bits per heavy atom. The molecular weight excluding hydrogens is 368 g/mol. The Morgan fingerprint density at radius 3 is 2.50 bits per heavy atom. The molecule has 5 nitrogen and oxygen atoms in total. The summed E-state index contributed by atoms with van der Waals surface area (Å²) >= 11 is 7.68. The number of aliphatic hydroxyl groups is 1. The molecule has 0 amide bonds. The van der Waals surface area contributed by atoms with Crippen LogP contribution in [-0.2, 0) is 6.42 Å². The maximum absolute atomic E-state index is 8.83. The highest BCUT2D eigenvalue weighted by atomic mass is 35.5. The minimum Gasteiger partial charge on any atom is -0.395 e. The lowest BCUT2D eigenvalue weighted by molar-refractivity contribution is 0.294. The Labute approximate surface area is 162 Å². The van der Waals surface area contributed by atoms with E-state index in [1.54, 1.807) is 11.8 Å². The molecule has 0 aliphatic carbocycles. The first kappa shape index (κ1) is 18.9. The van der Waals surface area contributed by atoms with Gasteiger partial charge in [0.2, 0.25) is 0 Å². The van der Waals surface area contributed by atoms with E-state index >= 15 is 0 Å². The fourth-order valence-corrected chi connectivity index (χ4v) is 3.55. The number of hydrogen-bond donors (Lipinski definition) is 2. The van der Waals surface area contributed by atoms with Crippen LogP contribution in [0.5, 0.6) is 0 Å². The molecule has 0 saturated carbocycles. The monoisotopic (exact) mass is 388 g/mol. The van der Waals surface area contributed by atoms with E-state index in [-0.39, 0.29) is 6.61 Å². The second-order valence-corrected chi connectivity index (χ2v) is 7.19. The van der Waals surface area contributed by atoms with Gasteiger partial charge >= 0.3 is 0 Å². The predicted molar refractivity (Wildman–Crippen MR) is 106 cm³/mol. The minimum absolute atomic E-state index is 0.146. The van der Waals surface area contributed by atoms with Gasteiger partial charge in [0.25, 0.3) is 0 Å². The van der Waals surface area contributed by atoms with Crippen molar-refractivity contribution in [1.82, 2.24) is 20.1 Å². The van der Waals surface area contributed by atoms with Gasteiger partial charge < -0.3 is 10.4 Å². The van der Waals surface area contributed by atoms with Crippen LogP contribution in [0.25, 0.3) is 5.69 Å². The summed E-state index contributed by atoms with van der Waals surface area (Å²) in [7, 11) is 0. The molecule has 0 bridgehead atoms. The Kier molecular flexibility index (Phi) is 7.08. The molecule has 0 saturated heterocycles. The second kappa shape index (κ2) is 9.73. The van der Waals surface area contributed by atoms with E-state index in [4.69, 9.17) is 16.7 Å². The highest BCUT2D eigenvalue weighted by molar-refractivity contribution is 7.99. The molecular formula is C19H21ClN4OS. The molecule has 0 spiro atoms. The summed E-state index contributed by atoms with van der Waals surface area (Å²) in [6.07, 6.45) is 0.708. The van der Waals surface area contributed by atoms with Gasteiger partial charge in [-0.2, -0.15) is 0 Å². The van der Waals surface area contributed by atoms with E-state index in [2.05, 4.69) is 32.2 Å². The van der Waals surface area contributed by atoms with Crippen molar-refractivity contribution in [2.24, 2.45) is 0 Å². The molecule has 2 N–H and O–H groups in total. The largest absolute Gasteiger partial charge is 0.395 e. The highest BCUT2D eigenvalue weighted by Gasteiger charge is 2.15. The van der Waals surface area contributed by atoms with Crippen LogP contribution in [-0.4, -0.2) is 45.3 Å². The third-order valence-corrected chi connectivity index (χ3v) is 4.97. The van der Waals surface area contributed by atoms with Crippen LogP contribution in [0.3, 0.4) is 0 Å². The van der Waals surface area contributed by atoms with E-state index in [0.717, 1.165) is 29.0 Å². The first-order chi connectivity index (χ1) is 12.8. The standard InChI is InChI=1S/C19H21ClN4OS/c20-16-6-8-17(9-7-16)24-18(14-15-4-2-1-3-5-15)22-23-19(24)26-13-11-21-10-12-25/h1-9,21,25H,10-14H2. The lowest BCUT2D eigenvalue weighted by Crippen LogP contribution is -2.20. The highest BCUT2D eigenvalue weighted by Crippen LogP contribution is 2.24. The molecule has 7 heteroatoms.